The van der Waals surface area contributed by atoms with Crippen molar-refractivity contribution in [3.05, 3.63) is 0 Å². The van der Waals surface area contributed by atoms with Crippen molar-refractivity contribution in [1.29, 1.82) is 0 Å². The van der Waals surface area contributed by atoms with Gasteiger partial charge in [0.2, 0.25) is 0 Å². The Hall–Kier alpha value is -0.850. The van der Waals surface area contributed by atoms with Crippen LogP contribution in [0.2, 0.25) is 0 Å². The van der Waals surface area contributed by atoms with Crippen molar-refractivity contribution in [3.8, 4) is 0 Å². The van der Waals surface area contributed by atoms with Gasteiger partial charge < -0.3 is 15.4 Å². The SMILES string of the molecule is CCN(CC)C(C)CNC(=NC)NCC1CN(CC(C)C)CCO1. The minimum atomic E-state index is 0.233. The molecule has 2 atom stereocenters. The zero-order chi connectivity index (χ0) is 17.9. The molecular formula is C18H39N5O. The van der Waals surface area contributed by atoms with Gasteiger partial charge in [-0.2, -0.15) is 0 Å². The van der Waals surface area contributed by atoms with E-state index in [-0.39, 0.29) is 6.10 Å². The highest BCUT2D eigenvalue weighted by atomic mass is 16.5. The topological polar surface area (TPSA) is 52.1 Å². The lowest BCUT2D eigenvalue weighted by Crippen LogP contribution is -2.51. The maximum absolute atomic E-state index is 5.89. The zero-order valence-electron chi connectivity index (χ0n) is 16.6. The van der Waals surface area contributed by atoms with Gasteiger partial charge >= 0.3 is 0 Å². The number of likely N-dealkylation sites (N-methyl/N-ethyl adjacent to an activating group) is 1. The predicted octanol–water partition coefficient (Wildman–Crippen LogP) is 1.24. The Morgan fingerprint density at radius 2 is 1.96 bits per heavy atom. The summed E-state index contributed by atoms with van der Waals surface area (Å²) in [7, 11) is 1.82. The zero-order valence-corrected chi connectivity index (χ0v) is 16.6. The number of ether oxygens (including phenoxy) is 1. The van der Waals surface area contributed by atoms with Gasteiger partial charge in [0.15, 0.2) is 5.96 Å². The first-order chi connectivity index (χ1) is 11.5. The third-order valence-electron chi connectivity index (χ3n) is 4.57. The van der Waals surface area contributed by atoms with Crippen LogP contribution in [0.25, 0.3) is 0 Å². The van der Waals surface area contributed by atoms with E-state index in [1.165, 1.54) is 0 Å². The summed E-state index contributed by atoms with van der Waals surface area (Å²) in [5, 5.41) is 6.84. The molecule has 24 heavy (non-hydrogen) atoms. The van der Waals surface area contributed by atoms with Gasteiger partial charge in [0.25, 0.3) is 0 Å². The van der Waals surface area contributed by atoms with Crippen LogP contribution in [0.3, 0.4) is 0 Å². The maximum atomic E-state index is 5.89. The molecule has 1 aliphatic heterocycles. The van der Waals surface area contributed by atoms with Gasteiger partial charge in [-0.3, -0.25) is 14.8 Å². The van der Waals surface area contributed by atoms with Gasteiger partial charge in [-0.1, -0.05) is 27.7 Å². The fourth-order valence-electron chi connectivity index (χ4n) is 3.24. The van der Waals surface area contributed by atoms with Gasteiger partial charge in [-0.25, -0.2) is 0 Å². The Labute approximate surface area is 149 Å². The number of rotatable bonds is 9. The van der Waals surface area contributed by atoms with Crippen LogP contribution in [0.15, 0.2) is 4.99 Å². The van der Waals surface area contributed by atoms with Gasteiger partial charge in [0, 0.05) is 45.8 Å². The molecule has 0 aliphatic carbocycles. The van der Waals surface area contributed by atoms with E-state index in [9.17, 15) is 0 Å². The van der Waals surface area contributed by atoms with Crippen LogP contribution < -0.4 is 10.6 Å². The summed E-state index contributed by atoms with van der Waals surface area (Å²) in [6, 6.07) is 0.492. The van der Waals surface area contributed by atoms with Crippen LogP contribution in [0.1, 0.15) is 34.6 Å². The smallest absolute Gasteiger partial charge is 0.191 e. The van der Waals surface area contributed by atoms with E-state index in [1.807, 2.05) is 7.05 Å². The Balaban J connectivity index is 2.33. The Bertz CT molecular complexity index is 357. The molecule has 0 amide bonds. The van der Waals surface area contributed by atoms with Crippen LogP contribution in [0.4, 0.5) is 0 Å². The molecule has 2 N–H and O–H groups in total. The first-order valence-corrected chi connectivity index (χ1v) is 9.52. The number of nitrogens with one attached hydrogen (secondary N) is 2. The minimum absolute atomic E-state index is 0.233. The standard InChI is InChI=1S/C18H39N5O/c1-7-23(8-2)16(5)11-20-18(19-6)21-12-17-14-22(9-10-24-17)13-15(3)4/h15-17H,7-14H2,1-6H3,(H2,19,20,21). The molecule has 1 saturated heterocycles. The van der Waals surface area contributed by atoms with Crippen molar-refractivity contribution in [1.82, 2.24) is 20.4 Å². The maximum Gasteiger partial charge on any atom is 0.191 e. The molecule has 0 bridgehead atoms. The van der Waals surface area contributed by atoms with Crippen LogP contribution in [-0.4, -0.2) is 87.4 Å². The van der Waals surface area contributed by atoms with E-state index in [0.29, 0.717) is 12.0 Å². The quantitative estimate of drug-likeness (QED) is 0.488. The molecule has 142 valence electrons. The summed E-state index contributed by atoms with van der Waals surface area (Å²) in [6.45, 7) is 19.1. The normalized spacial score (nSPS) is 21.3. The molecule has 1 aliphatic rings. The summed E-state index contributed by atoms with van der Waals surface area (Å²) >= 11 is 0. The highest BCUT2D eigenvalue weighted by Crippen LogP contribution is 2.07. The van der Waals surface area contributed by atoms with E-state index in [4.69, 9.17) is 4.74 Å². The molecule has 0 saturated carbocycles. The number of nitrogens with zero attached hydrogens (tertiary/aromatic N) is 3. The van der Waals surface area contributed by atoms with Gasteiger partial charge in [0.05, 0.1) is 12.7 Å². The lowest BCUT2D eigenvalue weighted by molar-refractivity contribution is -0.0284. The van der Waals surface area contributed by atoms with Crippen molar-refractivity contribution >= 4 is 5.96 Å². The summed E-state index contributed by atoms with van der Waals surface area (Å²) in [6.07, 6.45) is 0.233. The fraction of sp³-hybridized carbons (Fsp3) is 0.944. The number of hydrogen-bond donors (Lipinski definition) is 2. The Morgan fingerprint density at radius 3 is 2.54 bits per heavy atom. The monoisotopic (exact) mass is 341 g/mol. The van der Waals surface area contributed by atoms with Crippen LogP contribution in [-0.2, 0) is 4.74 Å². The Morgan fingerprint density at radius 1 is 1.25 bits per heavy atom. The molecule has 6 heteroatoms. The van der Waals surface area contributed by atoms with E-state index in [1.54, 1.807) is 0 Å². The minimum Gasteiger partial charge on any atom is -0.374 e. The van der Waals surface area contributed by atoms with E-state index < -0.39 is 0 Å². The average Bonchev–Trinajstić information content (AvgIpc) is 2.56. The van der Waals surface area contributed by atoms with Crippen molar-refractivity contribution in [2.45, 2.75) is 46.8 Å². The molecule has 1 fully saturated rings. The van der Waals surface area contributed by atoms with Gasteiger partial charge in [-0.05, 0) is 25.9 Å². The first-order valence-electron chi connectivity index (χ1n) is 9.52. The fourth-order valence-corrected chi connectivity index (χ4v) is 3.24. The van der Waals surface area contributed by atoms with Crippen LogP contribution in [0.5, 0.6) is 0 Å². The number of aliphatic imine (C=N–C) groups is 1. The number of morpholine rings is 1. The van der Waals surface area contributed by atoms with E-state index >= 15 is 0 Å². The van der Waals surface area contributed by atoms with Gasteiger partial charge in [-0.15, -0.1) is 0 Å². The third-order valence-corrected chi connectivity index (χ3v) is 4.57. The molecule has 0 aromatic carbocycles. The molecule has 2 unspecified atom stereocenters. The molecule has 1 heterocycles. The second kappa shape index (κ2) is 11.7. The predicted molar refractivity (Wildman–Crippen MR) is 103 cm³/mol. The summed E-state index contributed by atoms with van der Waals surface area (Å²) < 4.78 is 5.89. The highest BCUT2D eigenvalue weighted by molar-refractivity contribution is 5.79. The van der Waals surface area contributed by atoms with E-state index in [2.05, 4.69) is 60.0 Å². The molecule has 6 nitrogen and oxygen atoms in total. The molecule has 0 aromatic heterocycles. The molecular weight excluding hydrogens is 302 g/mol. The van der Waals surface area contributed by atoms with E-state index in [0.717, 1.165) is 58.4 Å². The average molecular weight is 342 g/mol. The lowest BCUT2D eigenvalue weighted by atomic mass is 10.2. The van der Waals surface area contributed by atoms with Crippen molar-refractivity contribution in [2.75, 3.05) is 59.5 Å². The number of hydrogen-bond acceptors (Lipinski definition) is 4. The van der Waals surface area contributed by atoms with Crippen molar-refractivity contribution < 1.29 is 4.74 Å². The molecule has 0 spiro atoms. The van der Waals surface area contributed by atoms with Crippen molar-refractivity contribution in [2.24, 2.45) is 10.9 Å². The summed E-state index contributed by atoms with van der Waals surface area (Å²) in [4.78, 5) is 9.27. The molecule has 1 rings (SSSR count). The van der Waals surface area contributed by atoms with Crippen LogP contribution >= 0.6 is 0 Å². The lowest BCUT2D eigenvalue weighted by Gasteiger charge is -2.34. The van der Waals surface area contributed by atoms with Crippen LogP contribution in [0, 0.1) is 5.92 Å². The molecule has 0 radical (unpaired) electrons. The largest absolute Gasteiger partial charge is 0.374 e. The summed E-state index contributed by atoms with van der Waals surface area (Å²) in [5.41, 5.74) is 0. The molecule has 0 aromatic rings. The summed E-state index contributed by atoms with van der Waals surface area (Å²) in [5.74, 6) is 1.56. The van der Waals surface area contributed by atoms with Crippen molar-refractivity contribution in [3.63, 3.8) is 0 Å². The van der Waals surface area contributed by atoms with Gasteiger partial charge in [0.1, 0.15) is 0 Å². The second-order valence-electron chi connectivity index (χ2n) is 7.05. The third kappa shape index (κ3) is 7.81. The number of guanidine groups is 1. The first kappa shape index (κ1) is 21.2. The highest BCUT2D eigenvalue weighted by Gasteiger charge is 2.21. The second-order valence-corrected chi connectivity index (χ2v) is 7.05. The Kier molecular flexibility index (Phi) is 10.3.